The Kier molecular flexibility index (Phi) is 8.13. The van der Waals surface area contributed by atoms with Crippen molar-refractivity contribution in [3.8, 4) is 0 Å². The zero-order valence-corrected chi connectivity index (χ0v) is 17.8. The van der Waals surface area contributed by atoms with Gasteiger partial charge in [0.05, 0.1) is 10.6 Å². The predicted molar refractivity (Wildman–Crippen MR) is 118 cm³/mol. The van der Waals surface area contributed by atoms with E-state index in [4.69, 9.17) is 11.6 Å². The molecule has 3 rings (SSSR count). The summed E-state index contributed by atoms with van der Waals surface area (Å²) < 4.78 is 41.0. The Morgan fingerprint density at radius 3 is 1.94 bits per heavy atom. The average molecular weight is 448 g/mol. The molecule has 2 nitrogen and oxygen atoms in total. The van der Waals surface area contributed by atoms with Crippen molar-refractivity contribution in [2.24, 2.45) is 0 Å². The molecule has 0 bridgehead atoms. The lowest BCUT2D eigenvalue weighted by Crippen LogP contribution is -2.31. The van der Waals surface area contributed by atoms with Gasteiger partial charge in [-0.1, -0.05) is 84.4 Å². The molecule has 0 radical (unpaired) electrons. The van der Waals surface area contributed by atoms with Crippen molar-refractivity contribution in [1.29, 1.82) is 0 Å². The topological polar surface area (TPSA) is 23.5 Å². The molecule has 164 valence electrons. The molecule has 0 aliphatic carbocycles. The summed E-state index contributed by atoms with van der Waals surface area (Å²) in [5.41, 5.74) is 1.52. The third kappa shape index (κ3) is 6.33. The fourth-order valence-corrected chi connectivity index (χ4v) is 4.12. The van der Waals surface area contributed by atoms with E-state index in [9.17, 15) is 18.3 Å². The van der Waals surface area contributed by atoms with E-state index in [1.165, 1.54) is 12.1 Å². The van der Waals surface area contributed by atoms with Crippen molar-refractivity contribution < 1.29 is 18.3 Å². The number of hydrogen-bond acceptors (Lipinski definition) is 2. The van der Waals surface area contributed by atoms with E-state index >= 15 is 0 Å². The third-order valence-corrected chi connectivity index (χ3v) is 5.57. The van der Waals surface area contributed by atoms with E-state index in [0.29, 0.717) is 19.5 Å². The normalized spacial score (nSPS) is 12.0. The van der Waals surface area contributed by atoms with Gasteiger partial charge in [-0.25, -0.2) is 0 Å². The van der Waals surface area contributed by atoms with Gasteiger partial charge in [-0.15, -0.1) is 0 Å². The maximum absolute atomic E-state index is 13.7. The largest absolute Gasteiger partial charge is 0.418 e. The Morgan fingerprint density at radius 2 is 1.42 bits per heavy atom. The van der Waals surface area contributed by atoms with E-state index < -0.39 is 11.7 Å². The maximum atomic E-state index is 13.7. The van der Waals surface area contributed by atoms with Gasteiger partial charge in [0.1, 0.15) is 0 Å². The lowest BCUT2D eigenvalue weighted by atomic mass is 9.90. The number of rotatable bonds is 9. The molecule has 1 N–H and O–H groups in total. The summed E-state index contributed by atoms with van der Waals surface area (Å²) in [4.78, 5) is 1.96. The van der Waals surface area contributed by atoms with Crippen LogP contribution in [0.2, 0.25) is 5.02 Å². The van der Waals surface area contributed by atoms with Crippen LogP contribution in [0.3, 0.4) is 0 Å². The second-order valence-electron chi connectivity index (χ2n) is 7.46. The van der Waals surface area contributed by atoms with Crippen LogP contribution >= 0.6 is 11.6 Å². The summed E-state index contributed by atoms with van der Waals surface area (Å²) in [6, 6.07) is 24.1. The fourth-order valence-electron chi connectivity index (χ4n) is 3.82. The Labute approximate surface area is 185 Å². The SMILES string of the molecule is OCCCN(Cc1cccc(Cl)c1C(F)(F)F)CC(c1ccccc1)c1ccccc1. The van der Waals surface area contributed by atoms with E-state index in [0.717, 1.165) is 11.1 Å². The molecule has 0 fully saturated rings. The number of alkyl halides is 3. The molecule has 0 spiro atoms. The molecule has 0 aliphatic rings. The highest BCUT2D eigenvalue weighted by Gasteiger charge is 2.36. The van der Waals surface area contributed by atoms with Crippen LogP contribution in [0, 0.1) is 0 Å². The molecule has 0 atom stereocenters. The minimum absolute atomic E-state index is 0.0189. The molecule has 0 heterocycles. The second-order valence-corrected chi connectivity index (χ2v) is 7.87. The Hall–Kier alpha value is -2.34. The average Bonchev–Trinajstić information content (AvgIpc) is 2.76. The first-order valence-electron chi connectivity index (χ1n) is 10.2. The first-order valence-corrected chi connectivity index (χ1v) is 10.6. The van der Waals surface area contributed by atoms with Crippen molar-refractivity contribution in [1.82, 2.24) is 4.90 Å². The van der Waals surface area contributed by atoms with Crippen LogP contribution < -0.4 is 0 Å². The quantitative estimate of drug-likeness (QED) is 0.411. The highest BCUT2D eigenvalue weighted by molar-refractivity contribution is 6.31. The molecular weight excluding hydrogens is 423 g/mol. The number of nitrogens with zero attached hydrogens (tertiary/aromatic N) is 1. The summed E-state index contributed by atoms with van der Waals surface area (Å²) in [6.07, 6.45) is -4.06. The van der Waals surface area contributed by atoms with Crippen molar-refractivity contribution in [3.05, 3.63) is 106 Å². The number of hydrogen-bond donors (Lipinski definition) is 1. The molecule has 0 saturated carbocycles. The van der Waals surface area contributed by atoms with Crippen molar-refractivity contribution in [3.63, 3.8) is 0 Å². The van der Waals surface area contributed by atoms with E-state index in [2.05, 4.69) is 0 Å². The molecule has 0 aromatic heterocycles. The molecule has 3 aromatic carbocycles. The summed E-state index contributed by atoms with van der Waals surface area (Å²) in [5.74, 6) is -0.0189. The molecule has 0 aliphatic heterocycles. The lowest BCUT2D eigenvalue weighted by Gasteiger charge is -2.29. The van der Waals surface area contributed by atoms with Gasteiger partial charge in [0, 0.05) is 32.2 Å². The van der Waals surface area contributed by atoms with Gasteiger partial charge in [0.15, 0.2) is 0 Å². The number of halogens is 4. The van der Waals surface area contributed by atoms with Gasteiger partial charge < -0.3 is 5.11 Å². The molecule has 0 saturated heterocycles. The highest BCUT2D eigenvalue weighted by Crippen LogP contribution is 2.38. The van der Waals surface area contributed by atoms with Crippen LogP contribution in [0.1, 0.15) is 34.6 Å². The van der Waals surface area contributed by atoms with Crippen molar-refractivity contribution in [2.75, 3.05) is 19.7 Å². The van der Waals surface area contributed by atoms with E-state index in [-0.39, 0.29) is 29.7 Å². The third-order valence-electron chi connectivity index (χ3n) is 5.25. The van der Waals surface area contributed by atoms with E-state index in [1.807, 2.05) is 65.6 Å². The van der Waals surface area contributed by atoms with Gasteiger partial charge >= 0.3 is 6.18 Å². The molecule has 3 aromatic rings. The van der Waals surface area contributed by atoms with Crippen LogP contribution in [0.4, 0.5) is 13.2 Å². The summed E-state index contributed by atoms with van der Waals surface area (Å²) in [6.45, 7) is 1.04. The number of aliphatic hydroxyl groups excluding tert-OH is 1. The van der Waals surface area contributed by atoms with Gasteiger partial charge in [-0.05, 0) is 29.2 Å². The predicted octanol–water partition coefficient (Wildman–Crippen LogP) is 6.38. The number of aliphatic hydroxyl groups is 1. The standard InChI is InChI=1S/C25H25ClF3NO/c26-23-14-7-13-21(24(23)25(27,28)29)17-30(15-8-16-31)18-22(19-9-3-1-4-10-19)20-11-5-2-6-12-20/h1-7,9-14,22,31H,8,15-18H2. The summed E-state index contributed by atoms with van der Waals surface area (Å²) in [7, 11) is 0. The lowest BCUT2D eigenvalue weighted by molar-refractivity contribution is -0.138. The zero-order valence-electron chi connectivity index (χ0n) is 17.0. The number of benzene rings is 3. The zero-order chi connectivity index (χ0) is 22.3. The van der Waals surface area contributed by atoms with E-state index in [1.54, 1.807) is 6.07 Å². The second kappa shape index (κ2) is 10.8. The minimum atomic E-state index is -4.53. The van der Waals surface area contributed by atoms with Gasteiger partial charge in [0.25, 0.3) is 0 Å². The van der Waals surface area contributed by atoms with Crippen LogP contribution in [0.25, 0.3) is 0 Å². The molecular formula is C25H25ClF3NO. The van der Waals surface area contributed by atoms with Crippen LogP contribution in [0.15, 0.2) is 78.9 Å². The molecule has 0 amide bonds. The van der Waals surface area contributed by atoms with Crippen molar-refractivity contribution >= 4 is 11.6 Å². The molecule has 31 heavy (non-hydrogen) atoms. The monoisotopic (exact) mass is 447 g/mol. The minimum Gasteiger partial charge on any atom is -0.396 e. The highest BCUT2D eigenvalue weighted by atomic mass is 35.5. The van der Waals surface area contributed by atoms with Gasteiger partial charge in [0.2, 0.25) is 0 Å². The summed E-state index contributed by atoms with van der Waals surface area (Å²) >= 11 is 5.92. The van der Waals surface area contributed by atoms with Gasteiger partial charge in [-0.2, -0.15) is 13.2 Å². The summed E-state index contributed by atoms with van der Waals surface area (Å²) in [5, 5.41) is 9.05. The van der Waals surface area contributed by atoms with Crippen LogP contribution in [0.5, 0.6) is 0 Å². The maximum Gasteiger partial charge on any atom is 0.418 e. The first kappa shape index (κ1) is 23.3. The smallest absolute Gasteiger partial charge is 0.396 e. The Bertz CT molecular complexity index is 908. The van der Waals surface area contributed by atoms with Crippen LogP contribution in [-0.2, 0) is 12.7 Å². The van der Waals surface area contributed by atoms with Gasteiger partial charge in [-0.3, -0.25) is 4.90 Å². The molecule has 0 unspecified atom stereocenters. The van der Waals surface area contributed by atoms with Crippen LogP contribution in [-0.4, -0.2) is 29.7 Å². The Morgan fingerprint density at radius 1 is 0.839 bits per heavy atom. The molecule has 6 heteroatoms. The fraction of sp³-hybridized carbons (Fsp3) is 0.280. The Balaban J connectivity index is 1.94. The van der Waals surface area contributed by atoms with Crippen molar-refractivity contribution in [2.45, 2.75) is 25.1 Å². The first-order chi connectivity index (χ1) is 14.9.